The molecule has 0 aromatic carbocycles. The topological polar surface area (TPSA) is 57.5 Å². The van der Waals surface area contributed by atoms with E-state index in [2.05, 4.69) is 0 Å². The third-order valence-electron chi connectivity index (χ3n) is 0. The molecule has 0 bridgehead atoms. The van der Waals surface area contributed by atoms with Crippen molar-refractivity contribution >= 4 is 101 Å². The quantitative estimate of drug-likeness (QED) is 0.528. The van der Waals surface area contributed by atoms with Gasteiger partial charge in [-0.2, -0.15) is 0 Å². The Balaban J connectivity index is -0.0000000450. The summed E-state index contributed by atoms with van der Waals surface area (Å²) in [7, 11) is 0. The zero-order valence-corrected chi connectivity index (χ0v) is 1.80. The Morgan fingerprint density at radius 1 is 1.33 bits per heavy atom. The molecule has 0 saturated heterocycles. The molecule has 0 saturated carbocycles. The molecule has 0 spiro atoms. The molecule has 0 aliphatic carbocycles. The minimum absolute atomic E-state index is 0. The second-order valence-electron chi connectivity index (χ2n) is 0.283. The second-order valence-corrected chi connectivity index (χ2v) is 0.283. The van der Waals surface area contributed by atoms with Crippen molar-refractivity contribution in [2.75, 3.05) is 0 Å². The SMILES string of the molecule is O=C(O)O.[BaH2].[SrH2]. The average Bonchev–Trinajstić information content (AvgIpc) is 0.811. The monoisotopic (exact) mass is 292 g/mol. The Morgan fingerprint density at radius 2 is 1.33 bits per heavy atom. The zero-order chi connectivity index (χ0) is 3.58. The van der Waals surface area contributed by atoms with Crippen LogP contribution in [0.3, 0.4) is 0 Å². The van der Waals surface area contributed by atoms with Gasteiger partial charge in [0.1, 0.15) is 0 Å². The number of carbonyl (C=O) groups is 1. The standard InChI is InChI=1S/CH2O3.Ba.Sr.4H/c2-1(3)4;;;;;;/h(H2,2,3,4);;;;;;. The molecule has 6 heavy (non-hydrogen) atoms. The van der Waals surface area contributed by atoms with Crippen LogP contribution in [-0.4, -0.2) is 111 Å². The molecule has 32 valence electrons. The molecule has 0 fully saturated rings. The molecule has 0 aliphatic heterocycles. The van der Waals surface area contributed by atoms with Gasteiger partial charge in [-0.3, -0.25) is 0 Å². The fourth-order valence-electron chi connectivity index (χ4n) is 0. The third kappa shape index (κ3) is 33.2. The first-order valence-corrected chi connectivity index (χ1v) is 0.651. The van der Waals surface area contributed by atoms with Crippen LogP contribution in [0.5, 0.6) is 0 Å². The van der Waals surface area contributed by atoms with Crippen molar-refractivity contribution in [2.24, 2.45) is 0 Å². The number of carboxylic acid groups (broad SMARTS) is 2. The molecular weight excluding hydrogens is 285 g/mol. The molecule has 0 unspecified atom stereocenters. The normalized spacial score (nSPS) is 4.00. The summed E-state index contributed by atoms with van der Waals surface area (Å²) in [4.78, 5) is 8.56. The molecule has 0 radical (unpaired) electrons. The van der Waals surface area contributed by atoms with Crippen molar-refractivity contribution in [3.8, 4) is 0 Å². The van der Waals surface area contributed by atoms with Gasteiger partial charge in [0.2, 0.25) is 0 Å². The van der Waals surface area contributed by atoms with Crippen molar-refractivity contribution in [3.05, 3.63) is 0 Å². The van der Waals surface area contributed by atoms with Crippen LogP contribution in [0.25, 0.3) is 0 Å². The first kappa shape index (κ1) is 15.8. The Kier molecular flexibility index (Phi) is 27.1. The minimum atomic E-state index is -1.83. The number of hydrogen-bond donors (Lipinski definition) is 2. The maximum absolute atomic E-state index is 8.56. The molecule has 0 aliphatic rings. The van der Waals surface area contributed by atoms with Crippen LogP contribution >= 0.6 is 0 Å². The van der Waals surface area contributed by atoms with E-state index in [1.54, 1.807) is 0 Å². The number of rotatable bonds is 0. The van der Waals surface area contributed by atoms with Gasteiger partial charge in [-0.25, -0.2) is 4.79 Å². The fraction of sp³-hybridized carbons (Fsp3) is 0. The Labute approximate surface area is 112 Å². The summed E-state index contributed by atoms with van der Waals surface area (Å²) in [6.07, 6.45) is -1.83. The van der Waals surface area contributed by atoms with E-state index in [0.29, 0.717) is 0 Å². The number of hydrogen-bond acceptors (Lipinski definition) is 1. The van der Waals surface area contributed by atoms with E-state index in [0.717, 1.165) is 0 Å². The van der Waals surface area contributed by atoms with Crippen LogP contribution in [0, 0.1) is 0 Å². The molecule has 3 nitrogen and oxygen atoms in total. The molecule has 0 atom stereocenters. The fourth-order valence-corrected chi connectivity index (χ4v) is 0. The van der Waals surface area contributed by atoms with Gasteiger partial charge < -0.3 is 10.2 Å². The van der Waals surface area contributed by atoms with E-state index in [4.69, 9.17) is 15.0 Å². The van der Waals surface area contributed by atoms with Crippen molar-refractivity contribution in [3.63, 3.8) is 0 Å². The Morgan fingerprint density at radius 3 is 1.33 bits per heavy atom. The summed E-state index contributed by atoms with van der Waals surface area (Å²) in [5, 5.41) is 13.9. The van der Waals surface area contributed by atoms with Gasteiger partial charge in [0.05, 0.1) is 0 Å². The van der Waals surface area contributed by atoms with E-state index in [-0.39, 0.29) is 94.4 Å². The maximum atomic E-state index is 8.56. The van der Waals surface area contributed by atoms with E-state index >= 15 is 0 Å². The van der Waals surface area contributed by atoms with Gasteiger partial charge in [-0.15, -0.1) is 0 Å². The third-order valence-corrected chi connectivity index (χ3v) is 0. The van der Waals surface area contributed by atoms with Gasteiger partial charge in [0, 0.05) is 0 Å². The van der Waals surface area contributed by atoms with E-state index < -0.39 is 6.16 Å². The summed E-state index contributed by atoms with van der Waals surface area (Å²) in [5.41, 5.74) is 0. The van der Waals surface area contributed by atoms with Crippen LogP contribution in [0.15, 0.2) is 0 Å². The van der Waals surface area contributed by atoms with Crippen LogP contribution in [-0.2, 0) is 0 Å². The predicted molar refractivity (Wildman–Crippen MR) is 27.7 cm³/mol. The van der Waals surface area contributed by atoms with Crippen LogP contribution in [0.1, 0.15) is 0 Å². The second kappa shape index (κ2) is 10.3. The van der Waals surface area contributed by atoms with E-state index in [9.17, 15) is 0 Å². The summed E-state index contributed by atoms with van der Waals surface area (Å²) >= 11 is 0. The van der Waals surface area contributed by atoms with Crippen molar-refractivity contribution in [1.29, 1.82) is 0 Å². The van der Waals surface area contributed by atoms with Crippen LogP contribution in [0.4, 0.5) is 4.79 Å². The molecule has 0 rings (SSSR count). The predicted octanol–water partition coefficient (Wildman–Crippen LogP) is -1.61. The van der Waals surface area contributed by atoms with Crippen molar-refractivity contribution in [2.45, 2.75) is 0 Å². The van der Waals surface area contributed by atoms with Gasteiger partial charge >= 0.3 is 101 Å². The molecular formula is CH6BaO3Sr. The van der Waals surface area contributed by atoms with Crippen LogP contribution < -0.4 is 0 Å². The van der Waals surface area contributed by atoms with E-state index in [1.807, 2.05) is 0 Å². The summed E-state index contributed by atoms with van der Waals surface area (Å²) in [6.45, 7) is 0. The summed E-state index contributed by atoms with van der Waals surface area (Å²) < 4.78 is 0. The Hall–Kier alpha value is 2.32. The molecule has 0 aromatic heterocycles. The van der Waals surface area contributed by atoms with Gasteiger partial charge in [-0.1, -0.05) is 0 Å². The van der Waals surface area contributed by atoms with Gasteiger partial charge in [0.15, 0.2) is 0 Å². The molecule has 0 heterocycles. The van der Waals surface area contributed by atoms with Gasteiger partial charge in [0.25, 0.3) is 0 Å². The summed E-state index contributed by atoms with van der Waals surface area (Å²) in [5.74, 6) is 0. The van der Waals surface area contributed by atoms with Gasteiger partial charge in [-0.05, 0) is 0 Å². The van der Waals surface area contributed by atoms with E-state index in [1.165, 1.54) is 0 Å². The van der Waals surface area contributed by atoms with Crippen LogP contribution in [0.2, 0.25) is 0 Å². The molecule has 2 N–H and O–H groups in total. The molecule has 0 aromatic rings. The Bertz CT molecular complexity index is 33.8. The van der Waals surface area contributed by atoms with Crippen molar-refractivity contribution < 1.29 is 15.0 Å². The first-order chi connectivity index (χ1) is 1.73. The van der Waals surface area contributed by atoms with Crippen molar-refractivity contribution in [1.82, 2.24) is 0 Å². The first-order valence-electron chi connectivity index (χ1n) is 0.651. The summed E-state index contributed by atoms with van der Waals surface area (Å²) in [6, 6.07) is 0. The zero-order valence-electron chi connectivity index (χ0n) is 1.80. The average molecular weight is 291 g/mol. The molecule has 0 amide bonds. The molecule has 5 heteroatoms.